The monoisotopic (exact) mass is 417 g/mol. The lowest BCUT2D eigenvalue weighted by Gasteiger charge is -2.35. The van der Waals surface area contributed by atoms with E-state index >= 15 is 0 Å². The maximum absolute atomic E-state index is 13.3. The van der Waals surface area contributed by atoms with Gasteiger partial charge in [-0.2, -0.15) is 0 Å². The van der Waals surface area contributed by atoms with Crippen LogP contribution < -0.4 is 15.1 Å². The lowest BCUT2D eigenvalue weighted by molar-refractivity contribution is 0.208. The first-order valence-electron chi connectivity index (χ1n) is 10.0. The van der Waals surface area contributed by atoms with E-state index in [1.165, 1.54) is 6.07 Å². The molecule has 0 aliphatic carbocycles. The lowest BCUT2D eigenvalue weighted by Crippen LogP contribution is -2.50. The van der Waals surface area contributed by atoms with E-state index < -0.39 is 11.6 Å². The molecule has 0 atom stereocenters. The Morgan fingerprint density at radius 3 is 1.93 bits per heavy atom. The standard InChI is InChI=1S/C20H25F2N7O/c1-26-6-8-27(9-7-26)18-4-5-19(25-24-18)28-10-12-29(13-11-28)20(30)23-15-2-3-16(21)17(22)14-15/h2-5,14H,6-13H2,1H3,(H,23,30). The van der Waals surface area contributed by atoms with Crippen molar-refractivity contribution in [2.45, 2.75) is 0 Å². The first-order valence-corrected chi connectivity index (χ1v) is 10.0. The summed E-state index contributed by atoms with van der Waals surface area (Å²) in [5, 5.41) is 11.4. The average Bonchev–Trinajstić information content (AvgIpc) is 2.77. The second-order valence-corrected chi connectivity index (χ2v) is 7.57. The number of aromatic nitrogens is 2. The van der Waals surface area contributed by atoms with Gasteiger partial charge in [-0.05, 0) is 31.3 Å². The SMILES string of the molecule is CN1CCN(c2ccc(N3CCN(C(=O)Nc4ccc(F)c(F)c4)CC3)nn2)CC1. The normalized spacial score (nSPS) is 17.9. The van der Waals surface area contributed by atoms with Gasteiger partial charge in [-0.15, -0.1) is 10.2 Å². The molecular formula is C20H25F2N7O. The van der Waals surface area contributed by atoms with Crippen LogP contribution in [-0.4, -0.2) is 85.4 Å². The van der Waals surface area contributed by atoms with Crippen LogP contribution in [0, 0.1) is 11.6 Å². The summed E-state index contributed by atoms with van der Waals surface area (Å²) in [5.41, 5.74) is 0.228. The Labute approximate surface area is 174 Å². The van der Waals surface area contributed by atoms with E-state index in [4.69, 9.17) is 0 Å². The minimum Gasteiger partial charge on any atom is -0.353 e. The quantitative estimate of drug-likeness (QED) is 0.823. The molecule has 2 fully saturated rings. The summed E-state index contributed by atoms with van der Waals surface area (Å²) in [7, 11) is 2.12. The van der Waals surface area contributed by atoms with Gasteiger partial charge in [0, 0.05) is 64.1 Å². The summed E-state index contributed by atoms with van der Waals surface area (Å²) < 4.78 is 26.3. The Bertz CT molecular complexity index is 879. The highest BCUT2D eigenvalue weighted by Crippen LogP contribution is 2.19. The molecule has 160 valence electrons. The number of anilines is 3. The summed E-state index contributed by atoms with van der Waals surface area (Å²) in [6, 6.07) is 6.93. The van der Waals surface area contributed by atoms with E-state index in [0.29, 0.717) is 26.2 Å². The van der Waals surface area contributed by atoms with E-state index in [1.807, 2.05) is 12.1 Å². The number of hydrogen-bond donors (Lipinski definition) is 1. The Morgan fingerprint density at radius 2 is 1.40 bits per heavy atom. The fraction of sp³-hybridized carbons (Fsp3) is 0.450. The van der Waals surface area contributed by atoms with Crippen LogP contribution in [0.4, 0.5) is 30.9 Å². The average molecular weight is 417 g/mol. The van der Waals surface area contributed by atoms with Crippen molar-refractivity contribution in [2.24, 2.45) is 0 Å². The van der Waals surface area contributed by atoms with Crippen LogP contribution in [-0.2, 0) is 0 Å². The number of hydrogen-bond acceptors (Lipinski definition) is 6. The molecule has 4 rings (SSSR count). The molecule has 1 N–H and O–H groups in total. The molecule has 0 radical (unpaired) electrons. The minimum absolute atomic E-state index is 0.228. The van der Waals surface area contributed by atoms with Crippen molar-refractivity contribution < 1.29 is 13.6 Å². The minimum atomic E-state index is -0.990. The molecule has 0 unspecified atom stereocenters. The van der Waals surface area contributed by atoms with Crippen LogP contribution >= 0.6 is 0 Å². The second kappa shape index (κ2) is 8.78. The van der Waals surface area contributed by atoms with Gasteiger partial charge >= 0.3 is 6.03 Å². The molecule has 2 aliphatic rings. The third-order valence-electron chi connectivity index (χ3n) is 5.53. The third-order valence-corrected chi connectivity index (χ3v) is 5.53. The number of piperazine rings is 2. The molecule has 2 amide bonds. The fourth-order valence-corrected chi connectivity index (χ4v) is 3.61. The number of halogens is 2. The number of nitrogens with one attached hydrogen (secondary N) is 1. The van der Waals surface area contributed by atoms with Crippen LogP contribution in [0.3, 0.4) is 0 Å². The van der Waals surface area contributed by atoms with Crippen molar-refractivity contribution >= 4 is 23.4 Å². The second-order valence-electron chi connectivity index (χ2n) is 7.57. The Morgan fingerprint density at radius 1 is 0.833 bits per heavy atom. The van der Waals surface area contributed by atoms with E-state index in [-0.39, 0.29) is 11.7 Å². The van der Waals surface area contributed by atoms with Crippen molar-refractivity contribution in [3.05, 3.63) is 42.0 Å². The van der Waals surface area contributed by atoms with Gasteiger partial charge in [0.2, 0.25) is 0 Å². The highest BCUT2D eigenvalue weighted by Gasteiger charge is 2.23. The molecule has 2 saturated heterocycles. The van der Waals surface area contributed by atoms with Crippen LogP contribution in [0.1, 0.15) is 0 Å². The van der Waals surface area contributed by atoms with E-state index in [9.17, 15) is 13.6 Å². The molecule has 0 saturated carbocycles. The van der Waals surface area contributed by atoms with E-state index in [0.717, 1.165) is 49.9 Å². The summed E-state index contributed by atoms with van der Waals surface area (Å²) in [6.07, 6.45) is 0. The highest BCUT2D eigenvalue weighted by atomic mass is 19.2. The predicted molar refractivity (Wildman–Crippen MR) is 111 cm³/mol. The number of nitrogens with zero attached hydrogens (tertiary/aromatic N) is 6. The molecule has 2 aliphatic heterocycles. The molecule has 1 aromatic heterocycles. The highest BCUT2D eigenvalue weighted by molar-refractivity contribution is 5.89. The number of urea groups is 1. The third kappa shape index (κ3) is 4.59. The smallest absolute Gasteiger partial charge is 0.321 e. The summed E-state index contributed by atoms with van der Waals surface area (Å²) in [5.74, 6) is -0.262. The zero-order valence-corrected chi connectivity index (χ0v) is 16.9. The zero-order chi connectivity index (χ0) is 21.1. The topological polar surface area (TPSA) is 67.8 Å². The van der Waals surface area contributed by atoms with E-state index in [1.54, 1.807) is 4.90 Å². The molecule has 0 bridgehead atoms. The number of carbonyl (C=O) groups is 1. The van der Waals surface area contributed by atoms with Crippen LogP contribution in [0.5, 0.6) is 0 Å². The Kier molecular flexibility index (Phi) is 5.93. The van der Waals surface area contributed by atoms with Crippen LogP contribution in [0.15, 0.2) is 30.3 Å². The van der Waals surface area contributed by atoms with Crippen molar-refractivity contribution in [3.63, 3.8) is 0 Å². The summed E-state index contributed by atoms with van der Waals surface area (Å²) in [6.45, 7) is 6.14. The van der Waals surface area contributed by atoms with Crippen molar-refractivity contribution in [3.8, 4) is 0 Å². The predicted octanol–water partition coefficient (Wildman–Crippen LogP) is 1.86. The van der Waals surface area contributed by atoms with Gasteiger partial charge in [0.15, 0.2) is 23.3 Å². The maximum atomic E-state index is 13.3. The number of amides is 2. The summed E-state index contributed by atoms with van der Waals surface area (Å²) in [4.78, 5) is 20.6. The largest absolute Gasteiger partial charge is 0.353 e. The molecule has 30 heavy (non-hydrogen) atoms. The first kappa shape index (κ1) is 20.3. The number of carbonyl (C=O) groups excluding carboxylic acids is 1. The fourth-order valence-electron chi connectivity index (χ4n) is 3.61. The number of rotatable bonds is 3. The summed E-state index contributed by atoms with van der Waals surface area (Å²) >= 11 is 0. The van der Waals surface area contributed by atoms with Gasteiger partial charge in [-0.3, -0.25) is 0 Å². The van der Waals surface area contributed by atoms with Crippen molar-refractivity contribution in [1.82, 2.24) is 20.0 Å². The van der Waals surface area contributed by atoms with Gasteiger partial charge in [-0.1, -0.05) is 0 Å². The van der Waals surface area contributed by atoms with Gasteiger partial charge in [0.1, 0.15) is 0 Å². The zero-order valence-electron chi connectivity index (χ0n) is 16.9. The maximum Gasteiger partial charge on any atom is 0.321 e. The first-order chi connectivity index (χ1) is 14.5. The lowest BCUT2D eigenvalue weighted by atomic mass is 10.3. The van der Waals surface area contributed by atoms with Crippen LogP contribution in [0.25, 0.3) is 0 Å². The molecular weight excluding hydrogens is 392 g/mol. The molecule has 10 heteroatoms. The molecule has 8 nitrogen and oxygen atoms in total. The van der Waals surface area contributed by atoms with Crippen LogP contribution in [0.2, 0.25) is 0 Å². The molecule has 0 spiro atoms. The number of likely N-dealkylation sites (N-methyl/N-ethyl adjacent to an activating group) is 1. The van der Waals surface area contributed by atoms with Gasteiger partial charge in [0.05, 0.1) is 0 Å². The molecule has 1 aromatic carbocycles. The van der Waals surface area contributed by atoms with Gasteiger partial charge < -0.3 is 24.9 Å². The Balaban J connectivity index is 1.29. The van der Waals surface area contributed by atoms with Gasteiger partial charge in [-0.25, -0.2) is 13.6 Å². The van der Waals surface area contributed by atoms with E-state index in [2.05, 4.69) is 37.3 Å². The van der Waals surface area contributed by atoms with Crippen molar-refractivity contribution in [2.75, 3.05) is 74.5 Å². The molecule has 3 heterocycles. The van der Waals surface area contributed by atoms with Crippen molar-refractivity contribution in [1.29, 1.82) is 0 Å². The Hall–Kier alpha value is -3.01. The molecule has 2 aromatic rings. The van der Waals surface area contributed by atoms with Gasteiger partial charge in [0.25, 0.3) is 0 Å². The number of benzene rings is 1.